The highest BCUT2D eigenvalue weighted by atomic mass is 32.2. The summed E-state index contributed by atoms with van der Waals surface area (Å²) < 4.78 is 11.1. The number of para-hydroxylation sites is 1. The SMILES string of the molecule is C=C(C)COc1c(C=NN=C(N)SCc2ccccc2)cccc1OC. The molecule has 0 saturated heterocycles. The van der Waals surface area contributed by atoms with E-state index >= 15 is 0 Å². The minimum absolute atomic E-state index is 0.400. The van der Waals surface area contributed by atoms with Crippen LogP contribution in [0.5, 0.6) is 11.5 Å². The number of thioether (sulfide) groups is 1. The van der Waals surface area contributed by atoms with Crippen LogP contribution in [0.15, 0.2) is 70.9 Å². The van der Waals surface area contributed by atoms with Gasteiger partial charge in [0.1, 0.15) is 6.61 Å². The maximum atomic E-state index is 5.91. The van der Waals surface area contributed by atoms with Gasteiger partial charge >= 0.3 is 0 Å². The Morgan fingerprint density at radius 3 is 2.65 bits per heavy atom. The van der Waals surface area contributed by atoms with E-state index in [1.807, 2.05) is 55.5 Å². The normalized spacial score (nSPS) is 11.5. The number of ether oxygens (including phenoxy) is 2. The molecule has 2 N–H and O–H groups in total. The van der Waals surface area contributed by atoms with Gasteiger partial charge in [0, 0.05) is 11.3 Å². The van der Waals surface area contributed by atoms with Gasteiger partial charge in [-0.05, 0) is 30.2 Å². The van der Waals surface area contributed by atoms with Crippen molar-refractivity contribution in [3.05, 3.63) is 71.8 Å². The Morgan fingerprint density at radius 1 is 1.19 bits per heavy atom. The lowest BCUT2D eigenvalue weighted by Crippen LogP contribution is -2.06. The third-order valence-corrected chi connectivity index (χ3v) is 4.13. The van der Waals surface area contributed by atoms with E-state index in [0.717, 1.165) is 16.9 Å². The molecule has 0 heterocycles. The molecular formula is C20H23N3O2S. The minimum atomic E-state index is 0.400. The lowest BCUT2D eigenvalue weighted by molar-refractivity contribution is 0.319. The largest absolute Gasteiger partial charge is 0.493 e. The van der Waals surface area contributed by atoms with E-state index in [1.165, 1.54) is 17.3 Å². The third kappa shape index (κ3) is 6.29. The fraction of sp³-hybridized carbons (Fsp3) is 0.200. The van der Waals surface area contributed by atoms with Crippen LogP contribution >= 0.6 is 11.8 Å². The van der Waals surface area contributed by atoms with E-state index in [-0.39, 0.29) is 0 Å². The molecule has 0 aliphatic heterocycles. The molecule has 0 fully saturated rings. The number of amidine groups is 1. The molecule has 0 spiro atoms. The van der Waals surface area contributed by atoms with Crippen molar-refractivity contribution in [3.8, 4) is 11.5 Å². The molecule has 0 saturated carbocycles. The van der Waals surface area contributed by atoms with Crippen LogP contribution in [0.25, 0.3) is 0 Å². The van der Waals surface area contributed by atoms with E-state index < -0.39 is 0 Å². The van der Waals surface area contributed by atoms with Crippen LogP contribution in [0.1, 0.15) is 18.1 Å². The summed E-state index contributed by atoms with van der Waals surface area (Å²) in [5.41, 5.74) is 8.77. The number of hydrogen-bond donors (Lipinski definition) is 1. The zero-order chi connectivity index (χ0) is 18.8. The smallest absolute Gasteiger partial charge is 0.180 e. The first-order chi connectivity index (χ1) is 12.6. The van der Waals surface area contributed by atoms with Gasteiger partial charge in [-0.3, -0.25) is 0 Å². The highest BCUT2D eigenvalue weighted by Gasteiger charge is 2.09. The van der Waals surface area contributed by atoms with Crippen molar-refractivity contribution in [1.82, 2.24) is 0 Å². The molecule has 2 aromatic rings. The summed E-state index contributed by atoms with van der Waals surface area (Å²) in [5, 5.41) is 8.52. The molecule has 26 heavy (non-hydrogen) atoms. The number of rotatable bonds is 8. The Labute approximate surface area is 158 Å². The Balaban J connectivity index is 2.05. The molecule has 0 atom stereocenters. The Morgan fingerprint density at radius 2 is 1.96 bits per heavy atom. The number of nitrogens with zero attached hydrogens (tertiary/aromatic N) is 2. The number of nitrogens with two attached hydrogens (primary N) is 1. The molecule has 0 radical (unpaired) electrons. The molecule has 6 heteroatoms. The second kappa shape index (κ2) is 10.3. The molecule has 0 unspecified atom stereocenters. The summed E-state index contributed by atoms with van der Waals surface area (Å²) in [7, 11) is 1.60. The molecule has 2 aromatic carbocycles. The van der Waals surface area contributed by atoms with Crippen LogP contribution < -0.4 is 15.2 Å². The second-order valence-electron chi connectivity index (χ2n) is 5.58. The number of methoxy groups -OCH3 is 1. The highest BCUT2D eigenvalue weighted by Crippen LogP contribution is 2.30. The number of benzene rings is 2. The van der Waals surface area contributed by atoms with E-state index in [0.29, 0.717) is 23.3 Å². The van der Waals surface area contributed by atoms with Gasteiger partial charge in [0.05, 0.1) is 13.3 Å². The summed E-state index contributed by atoms with van der Waals surface area (Å²) in [6.07, 6.45) is 1.60. The predicted octanol–water partition coefficient (Wildman–Crippen LogP) is 4.23. The van der Waals surface area contributed by atoms with Gasteiger partial charge in [0.15, 0.2) is 16.7 Å². The van der Waals surface area contributed by atoms with Crippen LogP contribution in [-0.4, -0.2) is 25.1 Å². The number of hydrogen-bond acceptors (Lipinski definition) is 5. The van der Waals surface area contributed by atoms with Crippen molar-refractivity contribution < 1.29 is 9.47 Å². The highest BCUT2D eigenvalue weighted by molar-refractivity contribution is 8.13. The van der Waals surface area contributed by atoms with Gasteiger partial charge in [-0.1, -0.05) is 54.7 Å². The molecule has 5 nitrogen and oxygen atoms in total. The summed E-state index contributed by atoms with van der Waals surface area (Å²) in [5.74, 6) is 1.98. The molecular weight excluding hydrogens is 346 g/mol. The van der Waals surface area contributed by atoms with Crippen molar-refractivity contribution >= 4 is 23.1 Å². The van der Waals surface area contributed by atoms with E-state index in [1.54, 1.807) is 13.3 Å². The molecule has 0 amide bonds. The first-order valence-corrected chi connectivity index (χ1v) is 9.06. The first kappa shape index (κ1) is 19.6. The minimum Gasteiger partial charge on any atom is -0.493 e. The summed E-state index contributed by atoms with van der Waals surface area (Å²) in [6.45, 7) is 6.15. The van der Waals surface area contributed by atoms with Crippen LogP contribution in [0.4, 0.5) is 0 Å². The zero-order valence-electron chi connectivity index (χ0n) is 15.0. The molecule has 136 valence electrons. The van der Waals surface area contributed by atoms with Crippen LogP contribution in [-0.2, 0) is 5.75 Å². The van der Waals surface area contributed by atoms with Gasteiger partial charge in [-0.25, -0.2) is 0 Å². The summed E-state index contributed by atoms with van der Waals surface area (Å²) in [4.78, 5) is 0. The van der Waals surface area contributed by atoms with Crippen molar-refractivity contribution in [1.29, 1.82) is 0 Å². The van der Waals surface area contributed by atoms with Gasteiger partial charge in [0.25, 0.3) is 0 Å². The average molecular weight is 369 g/mol. The Kier molecular flexibility index (Phi) is 7.76. The van der Waals surface area contributed by atoms with Crippen molar-refractivity contribution in [2.75, 3.05) is 13.7 Å². The summed E-state index contributed by atoms with van der Waals surface area (Å²) >= 11 is 1.44. The topological polar surface area (TPSA) is 69.2 Å². The average Bonchev–Trinajstić information content (AvgIpc) is 2.65. The van der Waals surface area contributed by atoms with E-state index in [2.05, 4.69) is 16.8 Å². The molecule has 0 bridgehead atoms. The lowest BCUT2D eigenvalue weighted by atomic mass is 10.2. The lowest BCUT2D eigenvalue weighted by Gasteiger charge is -2.12. The standard InChI is InChI=1S/C20H23N3O2S/c1-15(2)13-25-19-17(10-7-11-18(19)24-3)12-22-23-20(21)26-14-16-8-5-4-6-9-16/h4-12H,1,13-14H2,2-3H3,(H2,21,23). The van der Waals surface area contributed by atoms with Gasteiger partial charge < -0.3 is 15.2 Å². The monoisotopic (exact) mass is 369 g/mol. The Bertz CT molecular complexity index is 789. The first-order valence-electron chi connectivity index (χ1n) is 8.07. The van der Waals surface area contributed by atoms with E-state index in [9.17, 15) is 0 Å². The molecule has 0 aromatic heterocycles. The molecule has 0 aliphatic rings. The van der Waals surface area contributed by atoms with Crippen LogP contribution in [0.2, 0.25) is 0 Å². The van der Waals surface area contributed by atoms with Crippen LogP contribution in [0.3, 0.4) is 0 Å². The summed E-state index contributed by atoms with van der Waals surface area (Å²) in [6, 6.07) is 15.6. The Hall–Kier alpha value is -2.73. The molecule has 0 aliphatic carbocycles. The van der Waals surface area contributed by atoms with Crippen molar-refractivity contribution in [2.24, 2.45) is 15.9 Å². The quantitative estimate of drug-likeness (QED) is 0.327. The molecule has 2 rings (SSSR count). The van der Waals surface area contributed by atoms with Crippen LogP contribution in [0, 0.1) is 0 Å². The fourth-order valence-corrected chi connectivity index (χ4v) is 2.67. The third-order valence-electron chi connectivity index (χ3n) is 3.27. The maximum absolute atomic E-state index is 5.91. The van der Waals surface area contributed by atoms with E-state index in [4.69, 9.17) is 15.2 Å². The second-order valence-corrected chi connectivity index (χ2v) is 6.58. The van der Waals surface area contributed by atoms with Gasteiger partial charge in [-0.2, -0.15) is 5.10 Å². The zero-order valence-corrected chi connectivity index (χ0v) is 15.8. The van der Waals surface area contributed by atoms with Gasteiger partial charge in [-0.15, -0.1) is 5.10 Å². The maximum Gasteiger partial charge on any atom is 0.180 e. The predicted molar refractivity (Wildman–Crippen MR) is 110 cm³/mol. The van der Waals surface area contributed by atoms with Crippen molar-refractivity contribution in [2.45, 2.75) is 12.7 Å². The van der Waals surface area contributed by atoms with Crippen molar-refractivity contribution in [3.63, 3.8) is 0 Å². The fourth-order valence-electron chi connectivity index (χ4n) is 2.05. The van der Waals surface area contributed by atoms with Gasteiger partial charge in [0.2, 0.25) is 0 Å².